The van der Waals surface area contributed by atoms with E-state index in [1.165, 1.54) is 37.1 Å². The molecule has 2 heterocycles. The van der Waals surface area contributed by atoms with Gasteiger partial charge in [-0.05, 0) is 54.8 Å². The molecular weight excluding hydrogens is 376 g/mol. The minimum Gasteiger partial charge on any atom is -0.490 e. The van der Waals surface area contributed by atoms with E-state index >= 15 is 0 Å². The van der Waals surface area contributed by atoms with Crippen molar-refractivity contribution in [3.05, 3.63) is 59.2 Å². The molecule has 0 amide bonds. The number of likely N-dealkylation sites (tertiary alicyclic amines) is 1. The van der Waals surface area contributed by atoms with E-state index in [9.17, 15) is 0 Å². The maximum absolute atomic E-state index is 5.78. The Bertz CT molecular complexity index is 845. The van der Waals surface area contributed by atoms with Gasteiger partial charge in [0.1, 0.15) is 0 Å². The highest BCUT2D eigenvalue weighted by atomic mass is 16.5. The molecule has 1 fully saturated rings. The first-order valence-electron chi connectivity index (χ1n) is 10.9. The van der Waals surface area contributed by atoms with Crippen LogP contribution in [0.15, 0.2) is 47.5 Å². The second-order valence-corrected chi connectivity index (χ2v) is 7.91. The Balaban J connectivity index is 1.25. The van der Waals surface area contributed by atoms with Crippen molar-refractivity contribution in [2.75, 3.05) is 33.4 Å². The van der Waals surface area contributed by atoms with Crippen LogP contribution in [0, 0.1) is 0 Å². The smallest absolute Gasteiger partial charge is 0.191 e. The van der Waals surface area contributed by atoms with E-state index in [4.69, 9.17) is 9.47 Å². The Morgan fingerprint density at radius 3 is 2.20 bits per heavy atom. The summed E-state index contributed by atoms with van der Waals surface area (Å²) in [5.74, 6) is 2.43. The number of nitrogens with zero attached hydrogens (tertiary/aromatic N) is 2. The van der Waals surface area contributed by atoms with Gasteiger partial charge in [-0.25, -0.2) is 0 Å². The normalized spacial score (nSPS) is 16.9. The fourth-order valence-electron chi connectivity index (χ4n) is 3.87. The standard InChI is InChI=1S/C24H32N4O2/c1-25-24(27-17-21-9-10-22-23(15-21)30-14-4-13-29-22)26-16-19-5-7-20(8-6-19)18-28-11-2-3-12-28/h5-10,15H,2-4,11-14,16-18H2,1H3,(H2,25,26,27). The van der Waals surface area contributed by atoms with E-state index in [2.05, 4.69) is 50.9 Å². The zero-order valence-corrected chi connectivity index (χ0v) is 17.8. The highest BCUT2D eigenvalue weighted by molar-refractivity contribution is 5.79. The highest BCUT2D eigenvalue weighted by Crippen LogP contribution is 2.30. The molecule has 2 aliphatic heterocycles. The SMILES string of the molecule is CN=C(NCc1ccc(CN2CCCC2)cc1)NCc1ccc2c(c1)OCCCO2. The Kier molecular flexibility index (Phi) is 7.08. The molecule has 2 aromatic rings. The lowest BCUT2D eigenvalue weighted by Crippen LogP contribution is -2.36. The van der Waals surface area contributed by atoms with Crippen LogP contribution in [0.2, 0.25) is 0 Å². The molecule has 0 saturated carbocycles. The lowest BCUT2D eigenvalue weighted by atomic mass is 10.1. The molecule has 30 heavy (non-hydrogen) atoms. The quantitative estimate of drug-likeness (QED) is 0.567. The third kappa shape index (κ3) is 5.66. The van der Waals surface area contributed by atoms with Crippen LogP contribution in [0.1, 0.15) is 36.0 Å². The molecule has 0 bridgehead atoms. The van der Waals surface area contributed by atoms with Crippen LogP contribution in [-0.2, 0) is 19.6 Å². The summed E-state index contributed by atoms with van der Waals surface area (Å²) < 4.78 is 11.5. The summed E-state index contributed by atoms with van der Waals surface area (Å²) in [5, 5.41) is 6.77. The number of benzene rings is 2. The van der Waals surface area contributed by atoms with Crippen LogP contribution < -0.4 is 20.1 Å². The predicted octanol–water partition coefficient (Wildman–Crippen LogP) is 3.31. The van der Waals surface area contributed by atoms with Crippen molar-refractivity contribution >= 4 is 5.96 Å². The van der Waals surface area contributed by atoms with Gasteiger partial charge in [0.15, 0.2) is 17.5 Å². The fourth-order valence-corrected chi connectivity index (χ4v) is 3.87. The zero-order chi connectivity index (χ0) is 20.6. The first-order chi connectivity index (χ1) is 14.8. The van der Waals surface area contributed by atoms with Gasteiger partial charge in [0.2, 0.25) is 0 Å². The van der Waals surface area contributed by atoms with Gasteiger partial charge in [0.05, 0.1) is 13.2 Å². The van der Waals surface area contributed by atoms with Gasteiger partial charge in [0.25, 0.3) is 0 Å². The fraction of sp³-hybridized carbons (Fsp3) is 0.458. The number of fused-ring (bicyclic) bond motifs is 1. The second-order valence-electron chi connectivity index (χ2n) is 7.91. The molecule has 2 aromatic carbocycles. The van der Waals surface area contributed by atoms with Crippen molar-refractivity contribution in [1.29, 1.82) is 0 Å². The third-order valence-corrected chi connectivity index (χ3v) is 5.58. The molecule has 2 aliphatic rings. The maximum Gasteiger partial charge on any atom is 0.191 e. The summed E-state index contributed by atoms with van der Waals surface area (Å²) in [6.45, 7) is 6.34. The minimum atomic E-state index is 0.672. The maximum atomic E-state index is 5.78. The number of nitrogens with one attached hydrogen (secondary N) is 2. The van der Waals surface area contributed by atoms with Crippen LogP contribution in [0.25, 0.3) is 0 Å². The number of ether oxygens (including phenoxy) is 2. The molecule has 0 radical (unpaired) electrons. The summed E-state index contributed by atoms with van der Waals surface area (Å²) in [7, 11) is 1.79. The van der Waals surface area contributed by atoms with Crippen molar-refractivity contribution in [2.24, 2.45) is 4.99 Å². The number of rotatable bonds is 6. The Hall–Kier alpha value is -2.73. The third-order valence-electron chi connectivity index (χ3n) is 5.58. The molecule has 2 N–H and O–H groups in total. The lowest BCUT2D eigenvalue weighted by Gasteiger charge is -2.15. The van der Waals surface area contributed by atoms with Gasteiger partial charge in [-0.2, -0.15) is 0 Å². The van der Waals surface area contributed by atoms with Gasteiger partial charge >= 0.3 is 0 Å². The molecule has 0 unspecified atom stereocenters. The number of guanidine groups is 1. The van der Waals surface area contributed by atoms with Crippen molar-refractivity contribution in [3.63, 3.8) is 0 Å². The molecule has 6 heteroatoms. The number of hydrogen-bond acceptors (Lipinski definition) is 4. The monoisotopic (exact) mass is 408 g/mol. The van der Waals surface area contributed by atoms with Crippen LogP contribution in [-0.4, -0.2) is 44.2 Å². The minimum absolute atomic E-state index is 0.672. The van der Waals surface area contributed by atoms with Gasteiger partial charge in [-0.1, -0.05) is 30.3 Å². The molecular formula is C24H32N4O2. The summed E-state index contributed by atoms with van der Waals surface area (Å²) >= 11 is 0. The summed E-state index contributed by atoms with van der Waals surface area (Å²) in [6.07, 6.45) is 3.58. The molecule has 160 valence electrons. The molecule has 0 aliphatic carbocycles. The van der Waals surface area contributed by atoms with Gasteiger partial charge < -0.3 is 20.1 Å². The molecule has 4 rings (SSSR count). The van der Waals surface area contributed by atoms with E-state index < -0.39 is 0 Å². The zero-order valence-electron chi connectivity index (χ0n) is 17.8. The predicted molar refractivity (Wildman–Crippen MR) is 120 cm³/mol. The Morgan fingerprint density at radius 1 is 0.833 bits per heavy atom. The molecule has 0 atom stereocenters. The van der Waals surface area contributed by atoms with E-state index in [0.717, 1.165) is 42.5 Å². The summed E-state index contributed by atoms with van der Waals surface area (Å²) in [4.78, 5) is 6.86. The van der Waals surface area contributed by atoms with Crippen LogP contribution in [0.4, 0.5) is 0 Å². The number of aliphatic imine (C=N–C) groups is 1. The molecule has 1 saturated heterocycles. The summed E-state index contributed by atoms with van der Waals surface area (Å²) in [6, 6.07) is 15.0. The first-order valence-corrected chi connectivity index (χ1v) is 10.9. The van der Waals surface area contributed by atoms with E-state index in [1.807, 2.05) is 12.1 Å². The van der Waals surface area contributed by atoms with Crippen LogP contribution >= 0.6 is 0 Å². The van der Waals surface area contributed by atoms with Crippen LogP contribution in [0.3, 0.4) is 0 Å². The lowest BCUT2D eigenvalue weighted by molar-refractivity contribution is 0.297. The number of hydrogen-bond donors (Lipinski definition) is 2. The molecule has 0 spiro atoms. The van der Waals surface area contributed by atoms with Crippen molar-refractivity contribution < 1.29 is 9.47 Å². The van der Waals surface area contributed by atoms with E-state index in [0.29, 0.717) is 19.8 Å². The Morgan fingerprint density at radius 2 is 1.47 bits per heavy atom. The van der Waals surface area contributed by atoms with E-state index in [1.54, 1.807) is 7.05 Å². The molecule has 6 nitrogen and oxygen atoms in total. The van der Waals surface area contributed by atoms with Gasteiger partial charge in [0, 0.05) is 33.1 Å². The van der Waals surface area contributed by atoms with Crippen molar-refractivity contribution in [1.82, 2.24) is 15.5 Å². The summed E-state index contributed by atoms with van der Waals surface area (Å²) in [5.41, 5.74) is 3.77. The topological polar surface area (TPSA) is 58.1 Å². The van der Waals surface area contributed by atoms with Crippen molar-refractivity contribution in [2.45, 2.75) is 38.9 Å². The average molecular weight is 409 g/mol. The highest BCUT2D eigenvalue weighted by Gasteiger charge is 2.12. The largest absolute Gasteiger partial charge is 0.490 e. The Labute approximate surface area is 179 Å². The van der Waals surface area contributed by atoms with Crippen molar-refractivity contribution in [3.8, 4) is 11.5 Å². The van der Waals surface area contributed by atoms with Crippen LogP contribution in [0.5, 0.6) is 11.5 Å². The van der Waals surface area contributed by atoms with Gasteiger partial charge in [-0.15, -0.1) is 0 Å². The average Bonchev–Trinajstić information content (AvgIpc) is 3.17. The second kappa shape index (κ2) is 10.3. The first kappa shape index (κ1) is 20.5. The molecule has 0 aromatic heterocycles. The van der Waals surface area contributed by atoms with Gasteiger partial charge in [-0.3, -0.25) is 9.89 Å². The van der Waals surface area contributed by atoms with E-state index in [-0.39, 0.29) is 0 Å².